The number of carbonyl (C=O) groups is 2. The molecule has 180 valence electrons. The number of amides is 3. The van der Waals surface area contributed by atoms with Crippen LogP contribution in [-0.2, 0) is 0 Å². The third-order valence-electron chi connectivity index (χ3n) is 6.17. The monoisotopic (exact) mass is 468 g/mol. The van der Waals surface area contributed by atoms with Crippen LogP contribution in [0, 0.1) is 0 Å². The summed E-state index contributed by atoms with van der Waals surface area (Å²) in [5, 5.41) is 24.9. The quantitative estimate of drug-likeness (QED) is 0.474. The summed E-state index contributed by atoms with van der Waals surface area (Å²) >= 11 is 0. The molecule has 1 saturated carbocycles. The average Bonchev–Trinajstić information content (AvgIpc) is 3.55. The van der Waals surface area contributed by atoms with Crippen LogP contribution in [0.2, 0.25) is 0 Å². The van der Waals surface area contributed by atoms with Gasteiger partial charge in [-0.15, -0.1) is 0 Å². The molecule has 2 aliphatic heterocycles. The van der Waals surface area contributed by atoms with E-state index < -0.39 is 18.2 Å². The minimum absolute atomic E-state index is 0.0687. The molecule has 34 heavy (non-hydrogen) atoms. The molecule has 0 spiro atoms. The van der Waals surface area contributed by atoms with Crippen LogP contribution < -0.4 is 25.2 Å². The number of aliphatic hydroxyl groups is 2. The molecule has 3 aliphatic rings. The third-order valence-corrected chi connectivity index (χ3v) is 6.17. The van der Waals surface area contributed by atoms with Gasteiger partial charge in [0.2, 0.25) is 0 Å². The zero-order valence-electron chi connectivity index (χ0n) is 18.9. The smallest absolute Gasteiger partial charge is 0.329 e. The van der Waals surface area contributed by atoms with E-state index in [9.17, 15) is 19.8 Å². The molecule has 11 nitrogen and oxygen atoms in total. The van der Waals surface area contributed by atoms with E-state index in [1.165, 1.54) is 13.1 Å². The lowest BCUT2D eigenvalue weighted by Crippen LogP contribution is -2.48. The SMILES string of the molecule is C[C@](O)(CO)COc1ccnc(NC(=O)N2c3nc(C(=O)NC4CC4)ccc3N3CCC2C3)c1. The number of urea groups is 1. The summed E-state index contributed by atoms with van der Waals surface area (Å²) in [5.41, 5.74) is -0.271. The normalized spacial score (nSPS) is 20.4. The maximum Gasteiger partial charge on any atom is 0.329 e. The number of pyridine rings is 2. The lowest BCUT2D eigenvalue weighted by Gasteiger charge is -2.35. The van der Waals surface area contributed by atoms with E-state index in [-0.39, 0.29) is 36.1 Å². The van der Waals surface area contributed by atoms with E-state index in [1.807, 2.05) is 6.07 Å². The first-order chi connectivity index (χ1) is 16.3. The topological polar surface area (TPSA) is 140 Å². The van der Waals surface area contributed by atoms with Crippen molar-refractivity contribution in [2.24, 2.45) is 0 Å². The number of hydrogen-bond donors (Lipinski definition) is 4. The molecule has 2 aromatic rings. The molecule has 0 radical (unpaired) electrons. The Morgan fingerprint density at radius 2 is 2.09 bits per heavy atom. The van der Waals surface area contributed by atoms with Gasteiger partial charge in [0.1, 0.15) is 29.5 Å². The number of fused-ring (bicyclic) bond motifs is 4. The number of ether oxygens (including phenoxy) is 1. The maximum absolute atomic E-state index is 13.4. The molecule has 11 heteroatoms. The number of nitrogens with one attached hydrogen (secondary N) is 2. The summed E-state index contributed by atoms with van der Waals surface area (Å²) in [4.78, 5) is 38.5. The van der Waals surface area contributed by atoms with Gasteiger partial charge in [0.05, 0.1) is 18.3 Å². The Morgan fingerprint density at radius 3 is 2.85 bits per heavy atom. The molecule has 5 rings (SSSR count). The van der Waals surface area contributed by atoms with Gasteiger partial charge in [-0.05, 0) is 44.4 Å². The molecule has 0 aromatic carbocycles. The van der Waals surface area contributed by atoms with Crippen LogP contribution in [0.15, 0.2) is 30.5 Å². The highest BCUT2D eigenvalue weighted by Crippen LogP contribution is 2.39. The number of rotatable bonds is 7. The molecule has 2 fully saturated rings. The van der Waals surface area contributed by atoms with Gasteiger partial charge in [-0.25, -0.2) is 14.8 Å². The summed E-state index contributed by atoms with van der Waals surface area (Å²) < 4.78 is 5.54. The van der Waals surface area contributed by atoms with Gasteiger partial charge >= 0.3 is 6.03 Å². The number of aromatic nitrogens is 2. The number of carbonyl (C=O) groups excluding carboxylic acids is 2. The average molecular weight is 469 g/mol. The maximum atomic E-state index is 13.4. The fourth-order valence-electron chi connectivity index (χ4n) is 4.11. The Hall–Kier alpha value is -3.44. The van der Waals surface area contributed by atoms with Crippen molar-refractivity contribution in [1.29, 1.82) is 0 Å². The molecule has 2 atom stereocenters. The largest absolute Gasteiger partial charge is 0.490 e. The Balaban J connectivity index is 1.35. The lowest BCUT2D eigenvalue weighted by molar-refractivity contribution is -0.0325. The fraction of sp³-hybridized carbons (Fsp3) is 0.478. The van der Waals surface area contributed by atoms with Crippen LogP contribution in [0.25, 0.3) is 0 Å². The number of aliphatic hydroxyl groups excluding tert-OH is 1. The Morgan fingerprint density at radius 1 is 1.26 bits per heavy atom. The van der Waals surface area contributed by atoms with Crippen LogP contribution in [0.4, 0.5) is 22.1 Å². The highest BCUT2D eigenvalue weighted by Gasteiger charge is 2.41. The molecule has 1 saturated heterocycles. The van der Waals surface area contributed by atoms with Crippen molar-refractivity contribution in [3.8, 4) is 5.75 Å². The minimum atomic E-state index is -1.38. The first-order valence-corrected chi connectivity index (χ1v) is 11.4. The van der Waals surface area contributed by atoms with Crippen molar-refractivity contribution in [2.75, 3.05) is 41.4 Å². The molecule has 3 amide bonds. The number of hydrogen-bond acceptors (Lipinski definition) is 8. The van der Waals surface area contributed by atoms with E-state index >= 15 is 0 Å². The Kier molecular flexibility index (Phi) is 5.74. The Bertz CT molecular complexity index is 1110. The van der Waals surface area contributed by atoms with Crippen LogP contribution >= 0.6 is 0 Å². The molecule has 4 N–H and O–H groups in total. The van der Waals surface area contributed by atoms with E-state index in [0.29, 0.717) is 18.1 Å². The highest BCUT2D eigenvalue weighted by atomic mass is 16.5. The van der Waals surface area contributed by atoms with Crippen molar-refractivity contribution >= 4 is 29.3 Å². The van der Waals surface area contributed by atoms with Crippen molar-refractivity contribution in [1.82, 2.24) is 15.3 Å². The first-order valence-electron chi connectivity index (χ1n) is 11.4. The summed E-state index contributed by atoms with van der Waals surface area (Å²) in [7, 11) is 0. The van der Waals surface area contributed by atoms with Crippen LogP contribution in [0.3, 0.4) is 0 Å². The van der Waals surface area contributed by atoms with Crippen molar-refractivity contribution < 1.29 is 24.5 Å². The molecule has 2 aromatic heterocycles. The summed E-state index contributed by atoms with van der Waals surface area (Å²) in [6.45, 7) is 2.41. The third kappa shape index (κ3) is 4.62. The lowest BCUT2D eigenvalue weighted by atomic mass is 10.1. The van der Waals surface area contributed by atoms with Gasteiger partial charge in [-0.2, -0.15) is 0 Å². The zero-order chi connectivity index (χ0) is 23.9. The number of nitrogens with zero attached hydrogens (tertiary/aromatic N) is 4. The second kappa shape index (κ2) is 8.73. The first kappa shape index (κ1) is 22.4. The summed E-state index contributed by atoms with van der Waals surface area (Å²) in [6, 6.07) is 6.45. The molecule has 4 heterocycles. The minimum Gasteiger partial charge on any atom is -0.490 e. The fourth-order valence-corrected chi connectivity index (χ4v) is 4.11. The predicted octanol–water partition coefficient (Wildman–Crippen LogP) is 1.12. The molecular weight excluding hydrogens is 440 g/mol. The van der Waals surface area contributed by atoms with Crippen LogP contribution in [-0.4, -0.2) is 76.1 Å². The van der Waals surface area contributed by atoms with Crippen LogP contribution in [0.5, 0.6) is 5.75 Å². The van der Waals surface area contributed by atoms with E-state index in [1.54, 1.807) is 23.1 Å². The van der Waals surface area contributed by atoms with Gasteiger partial charge in [0, 0.05) is 31.4 Å². The summed E-state index contributed by atoms with van der Waals surface area (Å²) in [5.74, 6) is 0.892. The molecule has 1 aliphatic carbocycles. The van der Waals surface area contributed by atoms with Crippen LogP contribution in [0.1, 0.15) is 36.7 Å². The van der Waals surface area contributed by atoms with Gasteiger partial charge in [-0.1, -0.05) is 0 Å². The molecule has 2 bridgehead atoms. The standard InChI is InChI=1S/C23H28N6O5/c1-23(33,12-30)13-34-16-6-8-24-19(10-16)27-22(32)29-15-7-9-28(11-15)18-5-4-17(26-20(18)29)21(31)25-14-2-3-14/h4-6,8,10,14-15,30,33H,2-3,7,9,11-13H2,1H3,(H,25,31)(H,24,27,32)/t15?,23-/m0/s1. The zero-order valence-corrected chi connectivity index (χ0v) is 18.9. The second-order valence-corrected chi connectivity index (χ2v) is 9.30. The summed E-state index contributed by atoms with van der Waals surface area (Å²) in [6.07, 6.45) is 4.24. The van der Waals surface area contributed by atoms with Crippen molar-refractivity contribution in [3.05, 3.63) is 36.2 Å². The van der Waals surface area contributed by atoms with E-state index in [2.05, 4.69) is 25.5 Å². The molecular formula is C23H28N6O5. The second-order valence-electron chi connectivity index (χ2n) is 9.30. The van der Waals surface area contributed by atoms with E-state index in [4.69, 9.17) is 4.74 Å². The van der Waals surface area contributed by atoms with Crippen molar-refractivity contribution in [2.45, 2.75) is 43.9 Å². The van der Waals surface area contributed by atoms with Gasteiger partial charge < -0.3 is 25.2 Å². The highest BCUT2D eigenvalue weighted by molar-refractivity contribution is 6.05. The number of anilines is 3. The van der Waals surface area contributed by atoms with Gasteiger partial charge in [0.25, 0.3) is 5.91 Å². The Labute approximate surface area is 196 Å². The van der Waals surface area contributed by atoms with Gasteiger partial charge in [0.15, 0.2) is 5.82 Å². The molecule has 1 unspecified atom stereocenters. The van der Waals surface area contributed by atoms with E-state index in [0.717, 1.165) is 31.5 Å². The van der Waals surface area contributed by atoms with Gasteiger partial charge in [-0.3, -0.25) is 15.0 Å². The van der Waals surface area contributed by atoms with Crippen molar-refractivity contribution in [3.63, 3.8) is 0 Å². The predicted molar refractivity (Wildman–Crippen MR) is 124 cm³/mol.